The lowest BCUT2D eigenvalue weighted by Gasteiger charge is -2.01. The van der Waals surface area contributed by atoms with Gasteiger partial charge in [0, 0.05) is 24.9 Å². The third-order valence-electron chi connectivity index (χ3n) is 2.32. The van der Waals surface area contributed by atoms with E-state index < -0.39 is 0 Å². The second-order valence-electron chi connectivity index (χ2n) is 3.77. The fourth-order valence-electron chi connectivity index (χ4n) is 1.38. The van der Waals surface area contributed by atoms with Crippen molar-refractivity contribution in [2.75, 3.05) is 26.2 Å². The molecule has 0 radical (unpaired) electrons. The van der Waals surface area contributed by atoms with Crippen molar-refractivity contribution in [1.82, 2.24) is 5.32 Å². The first kappa shape index (κ1) is 13.7. The topological polar surface area (TPSA) is 64.8 Å². The molecule has 0 bridgehead atoms. The van der Waals surface area contributed by atoms with Crippen molar-refractivity contribution in [1.29, 1.82) is 0 Å². The molecule has 4 heteroatoms. The molecule has 1 aromatic carbocycles. The number of nitrogens with zero attached hydrogens (tertiary/aromatic N) is 1. The van der Waals surface area contributed by atoms with E-state index in [4.69, 9.17) is 5.11 Å². The average molecular weight is 236 g/mol. The van der Waals surface area contributed by atoms with Crippen molar-refractivity contribution in [2.24, 2.45) is 4.99 Å². The SMILES string of the molecule is OCCCNCCCN=Cc1ccccc1O. The van der Waals surface area contributed by atoms with Crippen LogP contribution in [0.3, 0.4) is 0 Å². The van der Waals surface area contributed by atoms with Crippen LogP contribution in [0.5, 0.6) is 5.75 Å². The van der Waals surface area contributed by atoms with Crippen molar-refractivity contribution < 1.29 is 10.2 Å². The van der Waals surface area contributed by atoms with E-state index in [0.29, 0.717) is 0 Å². The van der Waals surface area contributed by atoms with Crippen LogP contribution in [0.25, 0.3) is 0 Å². The summed E-state index contributed by atoms with van der Waals surface area (Å²) in [6.45, 7) is 2.72. The summed E-state index contributed by atoms with van der Waals surface area (Å²) in [6.07, 6.45) is 3.44. The van der Waals surface area contributed by atoms with Crippen LogP contribution in [0.4, 0.5) is 0 Å². The van der Waals surface area contributed by atoms with Crippen LogP contribution < -0.4 is 5.32 Å². The highest BCUT2D eigenvalue weighted by Gasteiger charge is 1.93. The molecular weight excluding hydrogens is 216 g/mol. The molecule has 0 saturated carbocycles. The summed E-state index contributed by atoms with van der Waals surface area (Å²) in [5, 5.41) is 21.3. The zero-order chi connectivity index (χ0) is 12.3. The maximum Gasteiger partial charge on any atom is 0.124 e. The van der Waals surface area contributed by atoms with Gasteiger partial charge in [-0.05, 0) is 38.1 Å². The first-order chi connectivity index (χ1) is 8.34. The maximum absolute atomic E-state index is 9.48. The van der Waals surface area contributed by atoms with Crippen LogP contribution in [-0.2, 0) is 0 Å². The van der Waals surface area contributed by atoms with E-state index in [9.17, 15) is 5.11 Å². The van der Waals surface area contributed by atoms with E-state index >= 15 is 0 Å². The Balaban J connectivity index is 2.12. The summed E-state index contributed by atoms with van der Waals surface area (Å²) in [6, 6.07) is 7.14. The zero-order valence-corrected chi connectivity index (χ0v) is 9.97. The third kappa shape index (κ3) is 6.04. The molecule has 1 aromatic rings. The molecule has 0 fully saturated rings. The molecular formula is C13H20N2O2. The lowest BCUT2D eigenvalue weighted by Crippen LogP contribution is -2.18. The quantitative estimate of drug-likeness (QED) is 0.469. The molecule has 0 saturated heterocycles. The number of aromatic hydroxyl groups is 1. The summed E-state index contributed by atoms with van der Waals surface area (Å²) in [4.78, 5) is 4.25. The fraction of sp³-hybridized carbons (Fsp3) is 0.462. The van der Waals surface area contributed by atoms with E-state index in [0.717, 1.165) is 38.0 Å². The van der Waals surface area contributed by atoms with Gasteiger partial charge in [0.05, 0.1) is 0 Å². The summed E-state index contributed by atoms with van der Waals surface area (Å²) < 4.78 is 0. The number of benzene rings is 1. The smallest absolute Gasteiger partial charge is 0.124 e. The van der Waals surface area contributed by atoms with Gasteiger partial charge in [0.15, 0.2) is 0 Å². The van der Waals surface area contributed by atoms with Crippen LogP contribution in [0.15, 0.2) is 29.3 Å². The van der Waals surface area contributed by atoms with Gasteiger partial charge in [0.1, 0.15) is 5.75 Å². The number of aliphatic imine (C=N–C) groups is 1. The Hall–Kier alpha value is -1.39. The number of aliphatic hydroxyl groups is 1. The second-order valence-corrected chi connectivity index (χ2v) is 3.77. The zero-order valence-electron chi connectivity index (χ0n) is 9.97. The molecule has 3 N–H and O–H groups in total. The summed E-state index contributed by atoms with van der Waals surface area (Å²) in [5.41, 5.74) is 0.751. The monoisotopic (exact) mass is 236 g/mol. The number of aliphatic hydroxyl groups excluding tert-OH is 1. The van der Waals surface area contributed by atoms with Crippen LogP contribution in [0, 0.1) is 0 Å². The van der Waals surface area contributed by atoms with Crippen LogP contribution in [-0.4, -0.2) is 42.7 Å². The Kier molecular flexibility index (Phi) is 7.02. The molecule has 0 aliphatic heterocycles. The van der Waals surface area contributed by atoms with Crippen molar-refractivity contribution in [3.8, 4) is 5.75 Å². The Morgan fingerprint density at radius 3 is 2.71 bits per heavy atom. The Morgan fingerprint density at radius 2 is 1.94 bits per heavy atom. The molecule has 4 nitrogen and oxygen atoms in total. The summed E-state index contributed by atoms with van der Waals surface area (Å²) in [5.74, 6) is 0.261. The van der Waals surface area contributed by atoms with Gasteiger partial charge in [-0.2, -0.15) is 0 Å². The van der Waals surface area contributed by atoms with E-state index in [1.807, 2.05) is 12.1 Å². The van der Waals surface area contributed by atoms with Crippen LogP contribution in [0.1, 0.15) is 18.4 Å². The van der Waals surface area contributed by atoms with Gasteiger partial charge >= 0.3 is 0 Å². The van der Waals surface area contributed by atoms with E-state index in [1.54, 1.807) is 18.3 Å². The standard InChI is InChI=1S/C13H20N2O2/c16-10-4-9-14-7-3-8-15-11-12-5-1-2-6-13(12)17/h1-2,5-6,11,14,16-17H,3-4,7-10H2. The molecule has 0 aromatic heterocycles. The number of rotatable bonds is 8. The molecule has 0 unspecified atom stereocenters. The Morgan fingerprint density at radius 1 is 1.18 bits per heavy atom. The minimum Gasteiger partial charge on any atom is -0.507 e. The summed E-state index contributed by atoms with van der Waals surface area (Å²) >= 11 is 0. The van der Waals surface area contributed by atoms with Gasteiger partial charge in [0.2, 0.25) is 0 Å². The molecule has 0 aliphatic carbocycles. The highest BCUT2D eigenvalue weighted by molar-refractivity contribution is 5.83. The molecule has 17 heavy (non-hydrogen) atoms. The van der Waals surface area contributed by atoms with E-state index in [1.165, 1.54) is 0 Å². The molecule has 0 aliphatic rings. The molecule has 0 atom stereocenters. The number of hydrogen-bond acceptors (Lipinski definition) is 4. The van der Waals surface area contributed by atoms with Gasteiger partial charge in [-0.25, -0.2) is 0 Å². The minimum absolute atomic E-state index is 0.235. The van der Waals surface area contributed by atoms with Gasteiger partial charge in [-0.3, -0.25) is 4.99 Å². The van der Waals surface area contributed by atoms with Crippen molar-refractivity contribution in [3.63, 3.8) is 0 Å². The molecule has 1 rings (SSSR count). The van der Waals surface area contributed by atoms with E-state index in [-0.39, 0.29) is 12.4 Å². The predicted octanol–water partition coefficient (Wildman–Crippen LogP) is 1.17. The lowest BCUT2D eigenvalue weighted by molar-refractivity contribution is 0.286. The molecule has 0 amide bonds. The number of para-hydroxylation sites is 1. The van der Waals surface area contributed by atoms with Gasteiger partial charge < -0.3 is 15.5 Å². The number of hydrogen-bond donors (Lipinski definition) is 3. The highest BCUT2D eigenvalue weighted by Crippen LogP contribution is 2.12. The molecule has 0 spiro atoms. The Labute approximate surface area is 102 Å². The first-order valence-corrected chi connectivity index (χ1v) is 5.94. The third-order valence-corrected chi connectivity index (χ3v) is 2.32. The highest BCUT2D eigenvalue weighted by atomic mass is 16.3. The molecule has 0 heterocycles. The van der Waals surface area contributed by atoms with Crippen LogP contribution in [0.2, 0.25) is 0 Å². The van der Waals surface area contributed by atoms with Crippen molar-refractivity contribution in [3.05, 3.63) is 29.8 Å². The second kappa shape index (κ2) is 8.73. The van der Waals surface area contributed by atoms with Crippen LogP contribution >= 0.6 is 0 Å². The van der Waals surface area contributed by atoms with E-state index in [2.05, 4.69) is 10.3 Å². The van der Waals surface area contributed by atoms with Gasteiger partial charge in [-0.1, -0.05) is 12.1 Å². The number of phenolic OH excluding ortho intramolecular Hbond substituents is 1. The maximum atomic E-state index is 9.48. The first-order valence-electron chi connectivity index (χ1n) is 5.94. The van der Waals surface area contributed by atoms with Gasteiger partial charge in [-0.15, -0.1) is 0 Å². The fourth-order valence-corrected chi connectivity index (χ4v) is 1.38. The average Bonchev–Trinajstić information content (AvgIpc) is 2.35. The van der Waals surface area contributed by atoms with Crippen molar-refractivity contribution >= 4 is 6.21 Å². The normalized spacial score (nSPS) is 11.1. The van der Waals surface area contributed by atoms with Crippen molar-refractivity contribution in [2.45, 2.75) is 12.8 Å². The minimum atomic E-state index is 0.235. The predicted molar refractivity (Wildman–Crippen MR) is 69.8 cm³/mol. The molecule has 94 valence electrons. The number of phenols is 1. The Bertz CT molecular complexity index is 340. The lowest BCUT2D eigenvalue weighted by atomic mass is 10.2. The van der Waals surface area contributed by atoms with Gasteiger partial charge in [0.25, 0.3) is 0 Å². The largest absolute Gasteiger partial charge is 0.507 e. The summed E-state index contributed by atoms with van der Waals surface area (Å²) in [7, 11) is 0. The number of nitrogens with one attached hydrogen (secondary N) is 1.